The second-order valence-corrected chi connectivity index (χ2v) is 7.76. The van der Waals surface area contributed by atoms with Crippen LogP contribution < -0.4 is 15.0 Å². The maximum absolute atomic E-state index is 13.6. The first-order valence-corrected chi connectivity index (χ1v) is 10.1. The van der Waals surface area contributed by atoms with Gasteiger partial charge in [-0.1, -0.05) is 48.0 Å². The van der Waals surface area contributed by atoms with E-state index in [0.717, 1.165) is 21.7 Å². The van der Waals surface area contributed by atoms with Gasteiger partial charge in [0.15, 0.2) is 0 Å². The number of nitrogens with zero attached hydrogens (tertiary/aromatic N) is 1. The third-order valence-corrected chi connectivity index (χ3v) is 5.41. The minimum absolute atomic E-state index is 0.197. The second kappa shape index (κ2) is 8.28. The molecule has 0 aromatic heterocycles. The van der Waals surface area contributed by atoms with E-state index in [2.05, 4.69) is 5.32 Å². The standard InChI is InChI=1S/C25H21ClN2O3/c1-15-11-12-16(2)20(13-15)27-23-22(19-9-4-5-10-21(19)31-3)24(29)28(25(23)30)18-8-6-7-17(26)14-18/h4-14,27H,1-3H3. The Kier molecular flexibility index (Phi) is 5.53. The number of aryl methyl sites for hydroxylation is 2. The van der Waals surface area contributed by atoms with Gasteiger partial charge in [-0.3, -0.25) is 9.59 Å². The molecular weight excluding hydrogens is 412 g/mol. The molecule has 3 aromatic carbocycles. The molecule has 3 aromatic rings. The Morgan fingerprint density at radius 2 is 1.68 bits per heavy atom. The van der Waals surface area contributed by atoms with E-state index in [9.17, 15) is 9.59 Å². The average molecular weight is 433 g/mol. The van der Waals surface area contributed by atoms with Crippen LogP contribution in [-0.2, 0) is 9.59 Å². The maximum Gasteiger partial charge on any atom is 0.282 e. The summed E-state index contributed by atoms with van der Waals surface area (Å²) < 4.78 is 5.48. The molecule has 0 atom stereocenters. The van der Waals surface area contributed by atoms with Gasteiger partial charge >= 0.3 is 0 Å². The van der Waals surface area contributed by atoms with E-state index in [1.54, 1.807) is 42.5 Å². The molecule has 1 heterocycles. The number of rotatable bonds is 5. The van der Waals surface area contributed by atoms with Crippen LogP contribution in [0.1, 0.15) is 16.7 Å². The fourth-order valence-corrected chi connectivity index (χ4v) is 3.79. The molecule has 5 nitrogen and oxygen atoms in total. The molecule has 4 rings (SSSR count). The largest absolute Gasteiger partial charge is 0.496 e. The van der Waals surface area contributed by atoms with E-state index in [1.165, 1.54) is 7.11 Å². The molecule has 0 spiro atoms. The molecule has 0 saturated carbocycles. The van der Waals surface area contributed by atoms with Crippen molar-refractivity contribution in [2.45, 2.75) is 13.8 Å². The number of halogens is 1. The lowest BCUT2D eigenvalue weighted by Gasteiger charge is -2.16. The third kappa shape index (κ3) is 3.80. The summed E-state index contributed by atoms with van der Waals surface area (Å²) in [6.07, 6.45) is 0. The minimum atomic E-state index is -0.450. The normalized spacial score (nSPS) is 13.7. The summed E-state index contributed by atoms with van der Waals surface area (Å²) in [5.74, 6) is -0.384. The first kappa shape index (κ1) is 20.7. The summed E-state index contributed by atoms with van der Waals surface area (Å²) in [5, 5.41) is 3.66. The summed E-state index contributed by atoms with van der Waals surface area (Å²) >= 11 is 6.13. The van der Waals surface area contributed by atoms with Gasteiger partial charge in [-0.15, -0.1) is 0 Å². The SMILES string of the molecule is COc1ccccc1C1=C(Nc2cc(C)ccc2C)C(=O)N(c2cccc(Cl)c2)C1=O. The van der Waals surface area contributed by atoms with Gasteiger partial charge in [-0.2, -0.15) is 0 Å². The lowest BCUT2D eigenvalue weighted by Crippen LogP contribution is -2.32. The van der Waals surface area contributed by atoms with E-state index in [-0.39, 0.29) is 11.3 Å². The second-order valence-electron chi connectivity index (χ2n) is 7.32. The molecule has 1 aliphatic rings. The van der Waals surface area contributed by atoms with Crippen molar-refractivity contribution < 1.29 is 14.3 Å². The zero-order chi connectivity index (χ0) is 22.1. The molecule has 1 aliphatic heterocycles. The highest BCUT2D eigenvalue weighted by atomic mass is 35.5. The predicted octanol–water partition coefficient (Wildman–Crippen LogP) is 5.36. The lowest BCUT2D eigenvalue weighted by molar-refractivity contribution is -0.120. The topological polar surface area (TPSA) is 58.6 Å². The fourth-order valence-electron chi connectivity index (χ4n) is 3.60. The van der Waals surface area contributed by atoms with Crippen LogP contribution in [0, 0.1) is 13.8 Å². The molecule has 6 heteroatoms. The molecule has 0 unspecified atom stereocenters. The first-order chi connectivity index (χ1) is 14.9. The molecular formula is C25H21ClN2O3. The number of anilines is 2. The van der Waals surface area contributed by atoms with Gasteiger partial charge in [0.1, 0.15) is 11.4 Å². The molecule has 156 valence electrons. The van der Waals surface area contributed by atoms with Crippen molar-refractivity contribution in [3.05, 3.63) is 94.1 Å². The van der Waals surface area contributed by atoms with Crippen molar-refractivity contribution in [2.24, 2.45) is 0 Å². The van der Waals surface area contributed by atoms with Crippen LogP contribution in [0.3, 0.4) is 0 Å². The number of imide groups is 1. The number of benzene rings is 3. The molecule has 31 heavy (non-hydrogen) atoms. The Morgan fingerprint density at radius 1 is 0.903 bits per heavy atom. The highest BCUT2D eigenvalue weighted by Crippen LogP contribution is 2.38. The fraction of sp³-hybridized carbons (Fsp3) is 0.120. The molecule has 0 radical (unpaired) electrons. The first-order valence-electron chi connectivity index (χ1n) is 9.77. The average Bonchev–Trinajstić information content (AvgIpc) is 3.00. The quantitative estimate of drug-likeness (QED) is 0.551. The van der Waals surface area contributed by atoms with Crippen LogP contribution in [0.4, 0.5) is 11.4 Å². The van der Waals surface area contributed by atoms with Gasteiger partial charge in [0, 0.05) is 16.3 Å². The molecule has 0 aliphatic carbocycles. The van der Waals surface area contributed by atoms with Gasteiger partial charge < -0.3 is 10.1 Å². The summed E-state index contributed by atoms with van der Waals surface area (Å²) in [7, 11) is 1.53. The molecule has 0 saturated heterocycles. The monoisotopic (exact) mass is 432 g/mol. The zero-order valence-electron chi connectivity index (χ0n) is 17.4. The highest BCUT2D eigenvalue weighted by Gasteiger charge is 2.41. The number of para-hydroxylation sites is 1. The van der Waals surface area contributed by atoms with Crippen LogP contribution in [0.2, 0.25) is 5.02 Å². The maximum atomic E-state index is 13.6. The van der Waals surface area contributed by atoms with Crippen molar-refractivity contribution >= 4 is 40.4 Å². The van der Waals surface area contributed by atoms with Crippen LogP contribution in [0.15, 0.2) is 72.4 Å². The number of nitrogens with one attached hydrogen (secondary N) is 1. The van der Waals surface area contributed by atoms with E-state index in [1.807, 2.05) is 38.1 Å². The summed E-state index contributed by atoms with van der Waals surface area (Å²) in [5.41, 5.74) is 4.16. The van der Waals surface area contributed by atoms with Gasteiger partial charge in [-0.05, 0) is 55.3 Å². The molecule has 1 N–H and O–H groups in total. The van der Waals surface area contributed by atoms with E-state index >= 15 is 0 Å². The van der Waals surface area contributed by atoms with Crippen LogP contribution in [0.25, 0.3) is 5.57 Å². The minimum Gasteiger partial charge on any atom is -0.496 e. The van der Waals surface area contributed by atoms with E-state index in [0.29, 0.717) is 22.0 Å². The Balaban J connectivity index is 1.90. The highest BCUT2D eigenvalue weighted by molar-refractivity contribution is 6.46. The van der Waals surface area contributed by atoms with Crippen molar-refractivity contribution in [2.75, 3.05) is 17.3 Å². The Labute approximate surface area is 185 Å². The number of amides is 2. The number of hydrogen-bond acceptors (Lipinski definition) is 4. The van der Waals surface area contributed by atoms with Gasteiger partial charge in [0.25, 0.3) is 11.8 Å². The van der Waals surface area contributed by atoms with Crippen molar-refractivity contribution in [3.8, 4) is 5.75 Å². The van der Waals surface area contributed by atoms with E-state index < -0.39 is 11.8 Å². The van der Waals surface area contributed by atoms with Crippen molar-refractivity contribution in [1.29, 1.82) is 0 Å². The van der Waals surface area contributed by atoms with Gasteiger partial charge in [0.2, 0.25) is 0 Å². The number of carbonyl (C=O) groups excluding carboxylic acids is 2. The number of hydrogen-bond donors (Lipinski definition) is 1. The summed E-state index contributed by atoms with van der Waals surface area (Å²) in [6, 6.07) is 19.7. The van der Waals surface area contributed by atoms with E-state index in [4.69, 9.17) is 16.3 Å². The molecule has 2 amide bonds. The summed E-state index contributed by atoms with van der Waals surface area (Å²) in [6.45, 7) is 3.92. The smallest absolute Gasteiger partial charge is 0.282 e. The van der Waals surface area contributed by atoms with Gasteiger partial charge in [-0.25, -0.2) is 4.90 Å². The molecule has 0 bridgehead atoms. The molecule has 0 fully saturated rings. The van der Waals surface area contributed by atoms with Crippen LogP contribution >= 0.6 is 11.6 Å². The lowest BCUT2D eigenvalue weighted by atomic mass is 10.0. The Hall–Kier alpha value is -3.57. The number of methoxy groups -OCH3 is 1. The van der Waals surface area contributed by atoms with Crippen LogP contribution in [0.5, 0.6) is 5.75 Å². The number of carbonyl (C=O) groups is 2. The zero-order valence-corrected chi connectivity index (χ0v) is 18.2. The van der Waals surface area contributed by atoms with Crippen molar-refractivity contribution in [1.82, 2.24) is 0 Å². The van der Waals surface area contributed by atoms with Crippen LogP contribution in [-0.4, -0.2) is 18.9 Å². The predicted molar refractivity (Wildman–Crippen MR) is 123 cm³/mol. The Bertz CT molecular complexity index is 1230. The Morgan fingerprint density at radius 3 is 2.42 bits per heavy atom. The van der Waals surface area contributed by atoms with Crippen molar-refractivity contribution in [3.63, 3.8) is 0 Å². The number of ether oxygens (including phenoxy) is 1. The van der Waals surface area contributed by atoms with Gasteiger partial charge in [0.05, 0.1) is 18.4 Å². The third-order valence-electron chi connectivity index (χ3n) is 5.18. The summed E-state index contributed by atoms with van der Waals surface area (Å²) in [4.78, 5) is 28.2.